The number of H-pyrrole nitrogens is 1. The van der Waals surface area contributed by atoms with Gasteiger partial charge in [-0.05, 0) is 50.8 Å². The zero-order valence-corrected chi connectivity index (χ0v) is 24.0. The number of carbonyl (C=O) groups is 2. The van der Waals surface area contributed by atoms with Crippen molar-refractivity contribution in [3.8, 4) is 11.1 Å². The third-order valence-electron chi connectivity index (χ3n) is 5.89. The first kappa shape index (κ1) is 30.5. The number of nitrogens with zero attached hydrogens (tertiary/aromatic N) is 4. The number of nitrogens with one attached hydrogen (secondary N) is 3. The van der Waals surface area contributed by atoms with Crippen molar-refractivity contribution in [2.75, 3.05) is 17.3 Å². The number of sulfone groups is 1. The molecule has 1 atom stereocenters. The molecule has 39 heavy (non-hydrogen) atoms. The second-order valence-corrected chi connectivity index (χ2v) is 12.5. The SMILES string of the molecule is CCc1n[nH]c(C)c1-c1ccc(NC(=O)[C@H](CCCC(Cl)Cl)NC(=O)c2ccnn2CCS(C)(=O)=O)nc1F. The van der Waals surface area contributed by atoms with E-state index in [9.17, 15) is 22.4 Å². The molecule has 3 aromatic heterocycles. The molecule has 0 saturated heterocycles. The molecule has 0 fully saturated rings. The number of aromatic nitrogens is 5. The van der Waals surface area contributed by atoms with Crippen LogP contribution in [-0.4, -0.2) is 68.1 Å². The molecule has 0 spiro atoms. The van der Waals surface area contributed by atoms with Crippen molar-refractivity contribution in [2.24, 2.45) is 0 Å². The van der Waals surface area contributed by atoms with Crippen LogP contribution in [0, 0.1) is 12.9 Å². The maximum atomic E-state index is 15.0. The van der Waals surface area contributed by atoms with Crippen LogP contribution in [0.1, 0.15) is 48.1 Å². The number of amides is 2. The third-order valence-corrected chi connectivity index (χ3v) is 7.25. The van der Waals surface area contributed by atoms with Gasteiger partial charge in [0, 0.05) is 29.3 Å². The highest BCUT2D eigenvalue weighted by Gasteiger charge is 2.25. The fourth-order valence-electron chi connectivity index (χ4n) is 3.93. The molecule has 3 rings (SSSR count). The van der Waals surface area contributed by atoms with Gasteiger partial charge in [-0.1, -0.05) is 6.92 Å². The van der Waals surface area contributed by atoms with Crippen molar-refractivity contribution >= 4 is 50.7 Å². The number of hydrogen-bond acceptors (Lipinski definition) is 7. The number of halogens is 3. The van der Waals surface area contributed by atoms with Gasteiger partial charge >= 0.3 is 0 Å². The molecule has 0 aliphatic heterocycles. The van der Waals surface area contributed by atoms with E-state index in [1.807, 2.05) is 6.92 Å². The van der Waals surface area contributed by atoms with Gasteiger partial charge in [0.2, 0.25) is 11.9 Å². The fraction of sp³-hybridized carbons (Fsp3) is 0.458. The fourth-order valence-corrected chi connectivity index (χ4v) is 4.74. The minimum atomic E-state index is -3.29. The van der Waals surface area contributed by atoms with E-state index in [4.69, 9.17) is 23.2 Å². The highest BCUT2D eigenvalue weighted by molar-refractivity contribution is 7.90. The number of aryl methyl sites for hydroxylation is 3. The van der Waals surface area contributed by atoms with Gasteiger partial charge in [-0.3, -0.25) is 19.4 Å². The third kappa shape index (κ3) is 8.48. The van der Waals surface area contributed by atoms with Crippen molar-refractivity contribution in [2.45, 2.75) is 57.0 Å². The van der Waals surface area contributed by atoms with Gasteiger partial charge in [0.25, 0.3) is 5.91 Å². The van der Waals surface area contributed by atoms with Crippen LogP contribution in [0.25, 0.3) is 11.1 Å². The van der Waals surface area contributed by atoms with E-state index >= 15 is 0 Å². The van der Waals surface area contributed by atoms with E-state index < -0.39 is 38.5 Å². The normalized spacial score (nSPS) is 12.5. The summed E-state index contributed by atoms with van der Waals surface area (Å²) in [7, 11) is -3.29. The molecule has 0 bridgehead atoms. The highest BCUT2D eigenvalue weighted by Crippen LogP contribution is 2.28. The Morgan fingerprint density at radius 3 is 2.59 bits per heavy atom. The molecule has 0 saturated carbocycles. The molecular formula is C24H30Cl2FN7O4S. The number of rotatable bonds is 13. The average molecular weight is 603 g/mol. The second kappa shape index (κ2) is 13.4. The van der Waals surface area contributed by atoms with Crippen molar-refractivity contribution in [3.63, 3.8) is 0 Å². The summed E-state index contributed by atoms with van der Waals surface area (Å²) in [6.45, 7) is 3.66. The first-order chi connectivity index (χ1) is 18.4. The lowest BCUT2D eigenvalue weighted by molar-refractivity contribution is -0.118. The molecule has 3 heterocycles. The van der Waals surface area contributed by atoms with Crippen LogP contribution in [0.4, 0.5) is 10.2 Å². The Morgan fingerprint density at radius 2 is 1.95 bits per heavy atom. The van der Waals surface area contributed by atoms with Gasteiger partial charge in [0.05, 0.1) is 18.0 Å². The van der Waals surface area contributed by atoms with Gasteiger partial charge < -0.3 is 10.6 Å². The predicted octanol–water partition coefficient (Wildman–Crippen LogP) is 3.43. The zero-order valence-electron chi connectivity index (χ0n) is 21.7. The van der Waals surface area contributed by atoms with E-state index in [1.54, 1.807) is 6.92 Å². The number of hydrogen-bond donors (Lipinski definition) is 3. The van der Waals surface area contributed by atoms with E-state index in [1.165, 1.54) is 29.1 Å². The Kier molecular flexibility index (Phi) is 10.4. The van der Waals surface area contributed by atoms with Gasteiger partial charge in [0.15, 0.2) is 0 Å². The summed E-state index contributed by atoms with van der Waals surface area (Å²) in [6.07, 6.45) is 4.00. The van der Waals surface area contributed by atoms with Gasteiger partial charge in [-0.25, -0.2) is 13.4 Å². The van der Waals surface area contributed by atoms with Crippen LogP contribution in [-0.2, 0) is 27.6 Å². The summed E-state index contributed by atoms with van der Waals surface area (Å²) in [4.78, 5) is 29.4. The first-order valence-electron chi connectivity index (χ1n) is 12.2. The predicted molar refractivity (Wildman–Crippen MR) is 147 cm³/mol. The molecule has 15 heteroatoms. The molecule has 0 aromatic carbocycles. The summed E-state index contributed by atoms with van der Waals surface area (Å²) in [5, 5.41) is 16.2. The molecule has 11 nitrogen and oxygen atoms in total. The van der Waals surface area contributed by atoms with Crippen molar-refractivity contribution in [1.82, 2.24) is 30.3 Å². The molecule has 212 valence electrons. The average Bonchev–Trinajstić information content (AvgIpc) is 3.48. The number of pyridine rings is 1. The Bertz CT molecular complexity index is 1430. The Labute approximate surface area is 235 Å². The van der Waals surface area contributed by atoms with Gasteiger partial charge in [0.1, 0.15) is 32.2 Å². The lowest BCUT2D eigenvalue weighted by Gasteiger charge is -2.19. The minimum absolute atomic E-state index is 0.0307. The zero-order chi connectivity index (χ0) is 28.7. The van der Waals surface area contributed by atoms with Crippen LogP contribution < -0.4 is 10.6 Å². The summed E-state index contributed by atoms with van der Waals surface area (Å²) in [5.41, 5.74) is 2.34. The number of alkyl halides is 2. The molecule has 0 aliphatic rings. The largest absolute Gasteiger partial charge is 0.339 e. The van der Waals surface area contributed by atoms with E-state index in [0.717, 1.165) is 6.26 Å². The smallest absolute Gasteiger partial charge is 0.270 e. The number of aromatic amines is 1. The summed E-state index contributed by atoms with van der Waals surface area (Å²) in [5.74, 6) is -2.29. The number of carbonyl (C=O) groups excluding carboxylic acids is 2. The molecule has 0 radical (unpaired) electrons. The lowest BCUT2D eigenvalue weighted by atomic mass is 10.0. The van der Waals surface area contributed by atoms with E-state index in [-0.39, 0.29) is 35.8 Å². The van der Waals surface area contributed by atoms with Crippen molar-refractivity contribution in [1.29, 1.82) is 0 Å². The van der Waals surface area contributed by atoms with Gasteiger partial charge in [-0.15, -0.1) is 23.2 Å². The topological polar surface area (TPSA) is 152 Å². The monoisotopic (exact) mass is 601 g/mol. The maximum absolute atomic E-state index is 15.0. The van der Waals surface area contributed by atoms with Crippen LogP contribution >= 0.6 is 23.2 Å². The highest BCUT2D eigenvalue weighted by atomic mass is 35.5. The van der Waals surface area contributed by atoms with Gasteiger partial charge in [-0.2, -0.15) is 14.6 Å². The quantitative estimate of drug-likeness (QED) is 0.200. The van der Waals surface area contributed by atoms with Crippen LogP contribution in [0.2, 0.25) is 0 Å². The van der Waals surface area contributed by atoms with Crippen LogP contribution in [0.15, 0.2) is 24.4 Å². The Morgan fingerprint density at radius 1 is 1.21 bits per heavy atom. The Balaban J connectivity index is 1.77. The molecule has 0 unspecified atom stereocenters. The second-order valence-electron chi connectivity index (χ2n) is 8.97. The molecule has 0 aliphatic carbocycles. The first-order valence-corrected chi connectivity index (χ1v) is 15.1. The maximum Gasteiger partial charge on any atom is 0.270 e. The molecule has 3 N–H and O–H groups in total. The Hall–Kier alpha value is -3.03. The van der Waals surface area contributed by atoms with E-state index in [2.05, 4.69) is 30.9 Å². The van der Waals surface area contributed by atoms with E-state index in [0.29, 0.717) is 36.2 Å². The molecule has 2 amide bonds. The van der Waals surface area contributed by atoms with Crippen molar-refractivity contribution in [3.05, 3.63) is 47.4 Å². The lowest BCUT2D eigenvalue weighted by Crippen LogP contribution is -2.44. The summed E-state index contributed by atoms with van der Waals surface area (Å²) >= 11 is 11.6. The van der Waals surface area contributed by atoms with Crippen molar-refractivity contribution < 1.29 is 22.4 Å². The van der Waals surface area contributed by atoms with Crippen LogP contribution in [0.5, 0.6) is 0 Å². The summed E-state index contributed by atoms with van der Waals surface area (Å²) in [6, 6.07) is 3.34. The molecular weight excluding hydrogens is 572 g/mol. The summed E-state index contributed by atoms with van der Waals surface area (Å²) < 4.78 is 39.3. The molecule has 3 aromatic rings. The standard InChI is InChI=1S/C24H30Cl2FN7O4S/c1-4-16-21(14(2)32-33-16)15-8-9-20(30-22(15)27)31-23(35)17(6-5-7-19(25)26)29-24(36)18-10-11-28-34(18)12-13-39(3,37)38/h8-11,17,19H,4-7,12-13H2,1-3H3,(H,29,36)(H,32,33)(H,30,31,35)/t17-/m0/s1. The number of anilines is 1. The van der Waals surface area contributed by atoms with Crippen LogP contribution in [0.3, 0.4) is 0 Å². The minimum Gasteiger partial charge on any atom is -0.339 e.